The van der Waals surface area contributed by atoms with Crippen molar-refractivity contribution >= 4 is 43.9 Å². The minimum Gasteiger partial charge on any atom is -0.495 e. The van der Waals surface area contributed by atoms with Gasteiger partial charge in [-0.1, -0.05) is 23.2 Å². The predicted molar refractivity (Wildman–Crippen MR) is 68.8 cm³/mol. The number of benzene rings is 1. The molecule has 0 heterocycles. The number of carbonyl (C=O) groups is 1. The summed E-state index contributed by atoms with van der Waals surface area (Å²) in [6, 6.07) is 3.32. The van der Waals surface area contributed by atoms with Crippen LogP contribution in [0.1, 0.15) is 5.56 Å². The van der Waals surface area contributed by atoms with E-state index in [-0.39, 0.29) is 4.82 Å². The largest absolute Gasteiger partial charge is 0.495 e. The molecule has 0 unspecified atom stereocenters. The average Bonchev–Trinajstić information content (AvgIpc) is 2.16. The van der Waals surface area contributed by atoms with Crippen LogP contribution in [0.25, 0.3) is 0 Å². The summed E-state index contributed by atoms with van der Waals surface area (Å²) >= 11 is 14.7. The summed E-state index contributed by atoms with van der Waals surface area (Å²) in [7, 11) is 3.18. The van der Waals surface area contributed by atoms with E-state index in [1.54, 1.807) is 19.2 Å². The molecule has 6 heteroatoms. The van der Waals surface area contributed by atoms with Crippen LogP contribution in [-0.4, -0.2) is 23.9 Å². The van der Waals surface area contributed by atoms with Crippen molar-refractivity contribution in [2.75, 3.05) is 14.2 Å². The van der Waals surface area contributed by atoms with E-state index in [1.807, 2.05) is 0 Å². The molecule has 0 atom stereocenters. The molecule has 0 spiro atoms. The number of methoxy groups -OCH3 is 1. The van der Waals surface area contributed by atoms with Gasteiger partial charge < -0.3 is 9.64 Å². The first-order chi connectivity index (χ1) is 7.45. The van der Waals surface area contributed by atoms with E-state index in [4.69, 9.17) is 27.9 Å². The van der Waals surface area contributed by atoms with E-state index in [2.05, 4.69) is 15.9 Å². The minimum atomic E-state index is -0.217. The summed E-state index contributed by atoms with van der Waals surface area (Å²) < 4.78 is 5.17. The van der Waals surface area contributed by atoms with Crippen molar-refractivity contribution in [2.24, 2.45) is 0 Å². The lowest BCUT2D eigenvalue weighted by Gasteiger charge is -2.17. The number of hydrogen-bond acceptors (Lipinski definition) is 2. The van der Waals surface area contributed by atoms with Gasteiger partial charge in [-0.05, 0) is 12.1 Å². The van der Waals surface area contributed by atoms with Gasteiger partial charge in [0, 0.05) is 40.1 Å². The standard InChI is InChI=1S/C10H10BrCl2NO2/c1-14(10(11)15)5-6-3-7(12)4-8(13)9(6)16-2/h3-4H,5H2,1-2H3. The number of rotatable bonds is 3. The van der Waals surface area contributed by atoms with Crippen LogP contribution in [0.15, 0.2) is 12.1 Å². The van der Waals surface area contributed by atoms with E-state index in [0.717, 1.165) is 5.56 Å². The fraction of sp³-hybridized carbons (Fsp3) is 0.300. The van der Waals surface area contributed by atoms with Crippen molar-refractivity contribution in [1.29, 1.82) is 0 Å². The second-order valence-corrected chi connectivity index (χ2v) is 4.71. The average molecular weight is 327 g/mol. The van der Waals surface area contributed by atoms with E-state index < -0.39 is 0 Å². The van der Waals surface area contributed by atoms with Crippen LogP contribution in [0, 0.1) is 0 Å². The number of halogens is 3. The molecule has 0 bridgehead atoms. The first-order valence-electron chi connectivity index (χ1n) is 4.38. The van der Waals surface area contributed by atoms with E-state index in [9.17, 15) is 4.79 Å². The number of ether oxygens (including phenoxy) is 1. The Hall–Kier alpha value is -0.450. The Morgan fingerprint density at radius 2 is 2.12 bits per heavy atom. The highest BCUT2D eigenvalue weighted by Crippen LogP contribution is 2.32. The molecule has 1 aromatic carbocycles. The maximum atomic E-state index is 11.1. The van der Waals surface area contributed by atoms with Gasteiger partial charge in [0.15, 0.2) is 0 Å². The molecule has 0 radical (unpaired) electrons. The first-order valence-corrected chi connectivity index (χ1v) is 5.93. The Morgan fingerprint density at radius 3 is 2.62 bits per heavy atom. The van der Waals surface area contributed by atoms with Gasteiger partial charge in [0.05, 0.1) is 12.1 Å². The molecule has 0 aliphatic rings. The van der Waals surface area contributed by atoms with Gasteiger partial charge in [-0.25, -0.2) is 0 Å². The number of nitrogens with zero attached hydrogens (tertiary/aromatic N) is 1. The molecule has 1 amide bonds. The highest BCUT2D eigenvalue weighted by Gasteiger charge is 2.13. The van der Waals surface area contributed by atoms with Crippen LogP contribution in [0.3, 0.4) is 0 Å². The molecule has 16 heavy (non-hydrogen) atoms. The SMILES string of the molecule is COc1c(Cl)cc(Cl)cc1CN(C)C(=O)Br. The van der Waals surface area contributed by atoms with Crippen molar-refractivity contribution in [3.05, 3.63) is 27.7 Å². The number of carbonyl (C=O) groups excluding carboxylic acids is 1. The van der Waals surface area contributed by atoms with Gasteiger partial charge in [-0.3, -0.25) is 4.79 Å². The summed E-state index contributed by atoms with van der Waals surface area (Å²) in [6.45, 7) is 0.369. The fourth-order valence-electron chi connectivity index (χ4n) is 1.28. The normalized spacial score (nSPS) is 10.1. The Bertz CT molecular complexity index is 412. The minimum absolute atomic E-state index is 0.217. The third-order valence-electron chi connectivity index (χ3n) is 2.00. The molecule has 0 saturated heterocycles. The van der Waals surface area contributed by atoms with Crippen LogP contribution in [0.2, 0.25) is 10.0 Å². The summed E-state index contributed by atoms with van der Waals surface area (Å²) in [5.41, 5.74) is 0.760. The molecule has 0 saturated carbocycles. The molecule has 0 fully saturated rings. The second-order valence-electron chi connectivity index (χ2n) is 3.19. The van der Waals surface area contributed by atoms with Gasteiger partial charge in [0.1, 0.15) is 5.75 Å². The van der Waals surface area contributed by atoms with Crippen molar-refractivity contribution < 1.29 is 9.53 Å². The lowest BCUT2D eigenvalue weighted by atomic mass is 10.2. The number of hydrogen-bond donors (Lipinski definition) is 0. The van der Waals surface area contributed by atoms with Crippen molar-refractivity contribution in [3.63, 3.8) is 0 Å². The second kappa shape index (κ2) is 5.75. The fourth-order valence-corrected chi connectivity index (χ4v) is 2.02. The van der Waals surface area contributed by atoms with Crippen LogP contribution in [0.5, 0.6) is 5.75 Å². The molecular formula is C10H10BrCl2NO2. The smallest absolute Gasteiger partial charge is 0.289 e. The van der Waals surface area contributed by atoms with Gasteiger partial charge in [0.25, 0.3) is 4.82 Å². The predicted octanol–water partition coefficient (Wildman–Crippen LogP) is 3.95. The lowest BCUT2D eigenvalue weighted by molar-refractivity contribution is 0.232. The molecule has 0 aliphatic heterocycles. The highest BCUT2D eigenvalue weighted by atomic mass is 79.9. The van der Waals surface area contributed by atoms with E-state index in [0.29, 0.717) is 22.3 Å². The van der Waals surface area contributed by atoms with Crippen molar-refractivity contribution in [1.82, 2.24) is 4.90 Å². The van der Waals surface area contributed by atoms with Gasteiger partial charge in [-0.15, -0.1) is 0 Å². The summed E-state index contributed by atoms with van der Waals surface area (Å²) in [4.78, 5) is 12.3. The van der Waals surface area contributed by atoms with Crippen LogP contribution in [0.4, 0.5) is 4.79 Å². The molecule has 0 aliphatic carbocycles. The van der Waals surface area contributed by atoms with E-state index >= 15 is 0 Å². The zero-order valence-electron chi connectivity index (χ0n) is 8.76. The topological polar surface area (TPSA) is 29.5 Å². The zero-order valence-corrected chi connectivity index (χ0v) is 11.9. The van der Waals surface area contributed by atoms with Crippen LogP contribution >= 0.6 is 39.1 Å². The van der Waals surface area contributed by atoms with Crippen molar-refractivity contribution in [2.45, 2.75) is 6.54 Å². The maximum Gasteiger partial charge on any atom is 0.289 e. The number of amides is 1. The monoisotopic (exact) mass is 325 g/mol. The zero-order chi connectivity index (χ0) is 12.3. The summed E-state index contributed by atoms with van der Waals surface area (Å²) in [5.74, 6) is 0.534. The molecular weight excluding hydrogens is 317 g/mol. The third kappa shape index (κ3) is 3.27. The highest BCUT2D eigenvalue weighted by molar-refractivity contribution is 9.18. The van der Waals surface area contributed by atoms with Gasteiger partial charge in [-0.2, -0.15) is 0 Å². The Balaban J connectivity index is 3.07. The Morgan fingerprint density at radius 1 is 1.50 bits per heavy atom. The summed E-state index contributed by atoms with van der Waals surface area (Å²) in [6.07, 6.45) is 0. The molecule has 1 rings (SSSR count). The van der Waals surface area contributed by atoms with E-state index in [1.165, 1.54) is 12.0 Å². The molecule has 88 valence electrons. The summed E-state index contributed by atoms with van der Waals surface area (Å²) in [5, 5.41) is 0.941. The van der Waals surface area contributed by atoms with Crippen molar-refractivity contribution in [3.8, 4) is 5.75 Å². The van der Waals surface area contributed by atoms with Gasteiger partial charge >= 0.3 is 0 Å². The van der Waals surface area contributed by atoms with Crippen LogP contribution in [-0.2, 0) is 6.54 Å². The first kappa shape index (κ1) is 13.6. The molecule has 0 N–H and O–H groups in total. The molecule has 1 aromatic rings. The quantitative estimate of drug-likeness (QED) is 0.621. The van der Waals surface area contributed by atoms with Gasteiger partial charge in [0.2, 0.25) is 0 Å². The Kier molecular flexibility index (Phi) is 4.89. The lowest BCUT2D eigenvalue weighted by Crippen LogP contribution is -2.20. The third-order valence-corrected chi connectivity index (χ3v) is 3.10. The molecule has 0 aromatic heterocycles. The van der Waals surface area contributed by atoms with Crippen LogP contribution < -0.4 is 4.74 Å². The Labute approximate surface area is 112 Å². The maximum absolute atomic E-state index is 11.1. The molecule has 3 nitrogen and oxygen atoms in total.